The van der Waals surface area contributed by atoms with Crippen molar-refractivity contribution >= 4 is 22.6 Å². The highest BCUT2D eigenvalue weighted by Crippen LogP contribution is 2.31. The van der Waals surface area contributed by atoms with Gasteiger partial charge < -0.3 is 14.8 Å². The molecule has 0 aromatic carbocycles. The zero-order chi connectivity index (χ0) is 8.55. The van der Waals surface area contributed by atoms with Crippen LogP contribution in [-0.4, -0.2) is 26.0 Å². The second-order valence-corrected chi connectivity index (χ2v) is 3.90. The van der Waals surface area contributed by atoms with Crippen LogP contribution in [-0.2, 0) is 9.47 Å². The van der Waals surface area contributed by atoms with E-state index in [0.717, 1.165) is 9.34 Å². The van der Waals surface area contributed by atoms with Gasteiger partial charge in [-0.1, -0.05) is 6.08 Å². The van der Waals surface area contributed by atoms with Crippen molar-refractivity contribution in [3.63, 3.8) is 0 Å². The Morgan fingerprint density at radius 1 is 1.67 bits per heavy atom. The lowest BCUT2D eigenvalue weighted by Crippen LogP contribution is -2.38. The first-order valence-electron chi connectivity index (χ1n) is 3.82. The van der Waals surface area contributed by atoms with Crippen molar-refractivity contribution in [2.45, 2.75) is 12.1 Å². The largest absolute Gasteiger partial charge is 0.468 e. The Morgan fingerprint density at radius 3 is 3.25 bits per heavy atom. The lowest BCUT2D eigenvalue weighted by molar-refractivity contribution is 0.0431. The van der Waals surface area contributed by atoms with Crippen molar-refractivity contribution in [2.75, 3.05) is 13.8 Å². The summed E-state index contributed by atoms with van der Waals surface area (Å²) in [5, 5.41) is 3.17. The quantitative estimate of drug-likeness (QED) is 0.731. The topological polar surface area (TPSA) is 30.5 Å². The summed E-state index contributed by atoms with van der Waals surface area (Å²) in [5.41, 5.74) is 0. The van der Waals surface area contributed by atoms with E-state index in [1.165, 1.54) is 0 Å². The van der Waals surface area contributed by atoms with Crippen LogP contribution in [0.15, 0.2) is 21.5 Å². The van der Waals surface area contributed by atoms with Crippen LogP contribution in [0.2, 0.25) is 0 Å². The molecule has 1 N–H and O–H groups in total. The molecule has 0 aromatic heterocycles. The van der Waals surface area contributed by atoms with Crippen molar-refractivity contribution in [1.29, 1.82) is 0 Å². The third-order valence-electron chi connectivity index (χ3n) is 2.07. The average molecular weight is 279 g/mol. The first-order chi connectivity index (χ1) is 5.83. The van der Waals surface area contributed by atoms with Gasteiger partial charge in [-0.2, -0.15) is 0 Å². The number of fused-ring (bicyclic) bond motifs is 1. The monoisotopic (exact) mass is 279 g/mol. The fourth-order valence-electron chi connectivity index (χ4n) is 1.42. The number of hydrogen-bond acceptors (Lipinski definition) is 3. The molecule has 12 heavy (non-hydrogen) atoms. The summed E-state index contributed by atoms with van der Waals surface area (Å²) >= 11 is 2.26. The number of ether oxygens (including phenoxy) is 2. The van der Waals surface area contributed by atoms with Crippen LogP contribution < -0.4 is 5.32 Å². The maximum absolute atomic E-state index is 5.43. The molecule has 0 bridgehead atoms. The van der Waals surface area contributed by atoms with Gasteiger partial charge in [-0.25, -0.2) is 0 Å². The molecule has 2 atom stereocenters. The van der Waals surface area contributed by atoms with Gasteiger partial charge in [-0.3, -0.25) is 0 Å². The molecule has 3 nitrogen and oxygen atoms in total. The van der Waals surface area contributed by atoms with E-state index in [4.69, 9.17) is 9.47 Å². The molecule has 2 aliphatic rings. The Bertz CT molecular complexity index is 249. The number of likely N-dealkylation sites (N-methyl/N-ethyl adjacent to an activating group) is 1. The van der Waals surface area contributed by atoms with Crippen molar-refractivity contribution in [3.8, 4) is 0 Å². The predicted octanol–water partition coefficient (Wildman–Crippen LogP) is 1.16. The number of allylic oxidation sites excluding steroid dienone is 2. The fraction of sp³-hybridized carbons (Fsp3) is 0.500. The summed E-state index contributed by atoms with van der Waals surface area (Å²) in [6.07, 6.45) is 4.24. The molecule has 2 rings (SSSR count). The fourth-order valence-corrected chi connectivity index (χ4v) is 2.09. The SMILES string of the molecule is CNC1C=CC(I)=C2OCOC21. The van der Waals surface area contributed by atoms with Crippen molar-refractivity contribution in [3.05, 3.63) is 21.5 Å². The summed E-state index contributed by atoms with van der Waals surface area (Å²) in [6, 6.07) is 0.251. The van der Waals surface area contributed by atoms with Gasteiger partial charge in [0.2, 0.25) is 0 Å². The van der Waals surface area contributed by atoms with Gasteiger partial charge in [-0.15, -0.1) is 0 Å². The summed E-state index contributed by atoms with van der Waals surface area (Å²) in [7, 11) is 1.92. The summed E-state index contributed by atoms with van der Waals surface area (Å²) in [5.74, 6) is 0.970. The molecular formula is C8H10INO2. The molecule has 1 saturated heterocycles. The zero-order valence-corrected chi connectivity index (χ0v) is 8.87. The van der Waals surface area contributed by atoms with Gasteiger partial charge in [0.25, 0.3) is 0 Å². The molecule has 1 fully saturated rings. The summed E-state index contributed by atoms with van der Waals surface area (Å²) < 4.78 is 11.9. The highest BCUT2D eigenvalue weighted by atomic mass is 127. The molecule has 0 radical (unpaired) electrons. The molecule has 1 aliphatic carbocycles. The minimum absolute atomic E-state index is 0.0758. The third-order valence-corrected chi connectivity index (χ3v) is 2.96. The number of halogens is 1. The van der Waals surface area contributed by atoms with E-state index in [2.05, 4.69) is 40.1 Å². The average Bonchev–Trinajstić information content (AvgIpc) is 2.54. The van der Waals surface area contributed by atoms with Crippen molar-refractivity contribution in [1.82, 2.24) is 5.32 Å². The van der Waals surface area contributed by atoms with E-state index in [9.17, 15) is 0 Å². The number of hydrogen-bond donors (Lipinski definition) is 1. The second-order valence-electron chi connectivity index (χ2n) is 2.74. The van der Waals surface area contributed by atoms with Crippen LogP contribution >= 0.6 is 22.6 Å². The minimum atomic E-state index is 0.0758. The number of nitrogens with one attached hydrogen (secondary N) is 1. The number of rotatable bonds is 1. The van der Waals surface area contributed by atoms with E-state index in [0.29, 0.717) is 6.79 Å². The molecule has 1 aliphatic heterocycles. The molecule has 0 spiro atoms. The van der Waals surface area contributed by atoms with E-state index in [-0.39, 0.29) is 12.1 Å². The lowest BCUT2D eigenvalue weighted by Gasteiger charge is -2.21. The molecule has 2 unspecified atom stereocenters. The standard InChI is InChI=1S/C8H10INO2/c1-10-6-3-2-5(9)7-8(6)12-4-11-7/h2-3,6,8,10H,4H2,1H3. The Labute approximate surface area is 84.9 Å². The smallest absolute Gasteiger partial charge is 0.189 e. The first kappa shape index (κ1) is 8.52. The van der Waals surface area contributed by atoms with E-state index in [1.807, 2.05) is 7.05 Å². The van der Waals surface area contributed by atoms with Gasteiger partial charge in [0.05, 0.1) is 9.62 Å². The van der Waals surface area contributed by atoms with Crippen LogP contribution in [0.1, 0.15) is 0 Å². The molecule has 0 aromatic rings. The predicted molar refractivity (Wildman–Crippen MR) is 53.9 cm³/mol. The van der Waals surface area contributed by atoms with Gasteiger partial charge in [0.1, 0.15) is 11.9 Å². The van der Waals surface area contributed by atoms with Crippen molar-refractivity contribution in [2.24, 2.45) is 0 Å². The third kappa shape index (κ3) is 1.27. The normalized spacial score (nSPS) is 33.5. The maximum Gasteiger partial charge on any atom is 0.189 e. The Balaban J connectivity index is 2.27. The van der Waals surface area contributed by atoms with Crippen LogP contribution in [0.5, 0.6) is 0 Å². The summed E-state index contributed by atoms with van der Waals surface area (Å²) in [4.78, 5) is 0. The second kappa shape index (κ2) is 3.35. The highest BCUT2D eigenvalue weighted by Gasteiger charge is 2.33. The minimum Gasteiger partial charge on any atom is -0.468 e. The van der Waals surface area contributed by atoms with E-state index >= 15 is 0 Å². The molecule has 0 saturated carbocycles. The van der Waals surface area contributed by atoms with Crippen LogP contribution in [0.3, 0.4) is 0 Å². The lowest BCUT2D eigenvalue weighted by atomic mass is 10.0. The maximum atomic E-state index is 5.43. The highest BCUT2D eigenvalue weighted by molar-refractivity contribution is 14.1. The van der Waals surface area contributed by atoms with E-state index in [1.54, 1.807) is 0 Å². The van der Waals surface area contributed by atoms with Gasteiger partial charge in [0.15, 0.2) is 6.79 Å². The van der Waals surface area contributed by atoms with Crippen molar-refractivity contribution < 1.29 is 9.47 Å². The van der Waals surface area contributed by atoms with Gasteiger partial charge in [-0.05, 0) is 35.7 Å². The molecule has 0 amide bonds. The summed E-state index contributed by atoms with van der Waals surface area (Å²) in [6.45, 7) is 0.381. The first-order valence-corrected chi connectivity index (χ1v) is 4.90. The van der Waals surface area contributed by atoms with Gasteiger partial charge >= 0.3 is 0 Å². The zero-order valence-electron chi connectivity index (χ0n) is 6.71. The van der Waals surface area contributed by atoms with Gasteiger partial charge in [0, 0.05) is 0 Å². The molecule has 66 valence electrons. The Hall–Kier alpha value is -0.0700. The van der Waals surface area contributed by atoms with E-state index < -0.39 is 0 Å². The Kier molecular flexibility index (Phi) is 2.38. The Morgan fingerprint density at radius 2 is 2.50 bits per heavy atom. The van der Waals surface area contributed by atoms with Crippen LogP contribution in [0.25, 0.3) is 0 Å². The molecule has 4 heteroatoms. The van der Waals surface area contributed by atoms with Crippen LogP contribution in [0, 0.1) is 0 Å². The molecule has 1 heterocycles. The van der Waals surface area contributed by atoms with Crippen LogP contribution in [0.4, 0.5) is 0 Å². The molecular weight excluding hydrogens is 269 g/mol.